The van der Waals surface area contributed by atoms with E-state index in [2.05, 4.69) is 0 Å². The Morgan fingerprint density at radius 2 is 1.73 bits per heavy atom. The second-order valence-corrected chi connectivity index (χ2v) is 7.37. The molecule has 1 fully saturated rings. The quantitative estimate of drug-likeness (QED) is 0.885. The summed E-state index contributed by atoms with van der Waals surface area (Å²) in [5, 5.41) is 9.75. The molecule has 1 saturated heterocycles. The van der Waals surface area contributed by atoms with Gasteiger partial charge in [-0.25, -0.2) is 4.79 Å². The number of rotatable bonds is 4. The van der Waals surface area contributed by atoms with Crippen LogP contribution in [0.25, 0.3) is 0 Å². The maximum absolute atomic E-state index is 12.3. The fourth-order valence-electron chi connectivity index (χ4n) is 3.00. The van der Waals surface area contributed by atoms with Crippen molar-refractivity contribution >= 4 is 12.1 Å². The van der Waals surface area contributed by atoms with E-state index >= 15 is 0 Å². The third-order valence-electron chi connectivity index (χ3n) is 4.21. The molecule has 0 radical (unpaired) electrons. The summed E-state index contributed by atoms with van der Waals surface area (Å²) in [5.41, 5.74) is 0.152. The van der Waals surface area contributed by atoms with Crippen LogP contribution >= 0.6 is 0 Å². The molecule has 0 bridgehead atoms. The lowest BCUT2D eigenvalue weighted by molar-refractivity contribution is -0.143. The molecule has 1 amide bonds. The van der Waals surface area contributed by atoms with Crippen molar-refractivity contribution in [2.45, 2.75) is 38.8 Å². The number of methoxy groups -OCH3 is 1. The topological polar surface area (TPSA) is 79.3 Å². The van der Waals surface area contributed by atoms with Crippen LogP contribution in [0.3, 0.4) is 0 Å². The average molecular weight is 364 g/mol. The van der Waals surface area contributed by atoms with E-state index in [-0.39, 0.29) is 6.09 Å². The van der Waals surface area contributed by atoms with E-state index in [1.165, 1.54) is 0 Å². The molecular formula is C19H28N2O5. The number of amides is 1. The van der Waals surface area contributed by atoms with Gasteiger partial charge in [0.25, 0.3) is 0 Å². The standard InChI is InChI=1S/C19H28N2O5/c1-19(2,3)26-18(24)21-11-5-10-20(12-13-21)16(17(22)23)14-6-8-15(25-4)9-7-14/h6-9,16H,5,10-13H2,1-4H3,(H,22,23)/t16-/m1/s1. The highest BCUT2D eigenvalue weighted by Gasteiger charge is 2.31. The van der Waals surface area contributed by atoms with Gasteiger partial charge in [0.05, 0.1) is 7.11 Å². The molecule has 1 aromatic carbocycles. The molecule has 1 heterocycles. The highest BCUT2D eigenvalue weighted by molar-refractivity contribution is 5.75. The fraction of sp³-hybridized carbons (Fsp3) is 0.579. The van der Waals surface area contributed by atoms with E-state index in [0.717, 1.165) is 0 Å². The number of ether oxygens (including phenoxy) is 2. The van der Waals surface area contributed by atoms with Crippen molar-refractivity contribution in [3.05, 3.63) is 29.8 Å². The highest BCUT2D eigenvalue weighted by atomic mass is 16.6. The molecule has 1 N–H and O–H groups in total. The molecule has 26 heavy (non-hydrogen) atoms. The second kappa shape index (κ2) is 8.40. The number of hydrogen-bond acceptors (Lipinski definition) is 5. The van der Waals surface area contributed by atoms with Gasteiger partial charge in [-0.3, -0.25) is 9.69 Å². The molecule has 0 aliphatic carbocycles. The molecule has 1 aliphatic heterocycles. The Balaban J connectivity index is 2.09. The van der Waals surface area contributed by atoms with Crippen LogP contribution in [0.5, 0.6) is 5.75 Å². The molecule has 0 spiro atoms. The van der Waals surface area contributed by atoms with Crippen LogP contribution in [0.4, 0.5) is 4.79 Å². The monoisotopic (exact) mass is 364 g/mol. The number of benzene rings is 1. The van der Waals surface area contributed by atoms with E-state index in [1.54, 1.807) is 36.3 Å². The molecule has 0 saturated carbocycles. The first-order valence-corrected chi connectivity index (χ1v) is 8.80. The Morgan fingerprint density at radius 1 is 1.08 bits per heavy atom. The first-order valence-electron chi connectivity index (χ1n) is 8.80. The number of aliphatic carboxylic acids is 1. The summed E-state index contributed by atoms with van der Waals surface area (Å²) >= 11 is 0. The van der Waals surface area contributed by atoms with Gasteiger partial charge >= 0.3 is 12.1 Å². The summed E-state index contributed by atoms with van der Waals surface area (Å²) < 4.78 is 10.6. The summed E-state index contributed by atoms with van der Waals surface area (Å²) in [4.78, 5) is 27.7. The molecule has 7 nitrogen and oxygen atoms in total. The highest BCUT2D eigenvalue weighted by Crippen LogP contribution is 2.25. The summed E-state index contributed by atoms with van der Waals surface area (Å²) in [6.45, 7) is 7.57. The zero-order valence-electron chi connectivity index (χ0n) is 15.9. The first kappa shape index (κ1) is 20.0. The Labute approximate surface area is 154 Å². The fourth-order valence-corrected chi connectivity index (χ4v) is 3.00. The lowest BCUT2D eigenvalue weighted by Gasteiger charge is -2.28. The molecule has 1 atom stereocenters. The molecule has 1 aliphatic rings. The molecule has 0 aromatic heterocycles. The van der Waals surface area contributed by atoms with E-state index in [0.29, 0.717) is 43.9 Å². The van der Waals surface area contributed by atoms with Gasteiger partial charge in [0.1, 0.15) is 17.4 Å². The van der Waals surface area contributed by atoms with Gasteiger partial charge in [-0.05, 0) is 44.9 Å². The second-order valence-electron chi connectivity index (χ2n) is 7.37. The molecule has 0 unspecified atom stereocenters. The predicted molar refractivity (Wildman–Crippen MR) is 97.4 cm³/mol. The van der Waals surface area contributed by atoms with Crippen LogP contribution in [0.1, 0.15) is 38.8 Å². The summed E-state index contributed by atoms with van der Waals surface area (Å²) in [6, 6.07) is 6.31. The van der Waals surface area contributed by atoms with Crippen molar-refractivity contribution in [1.82, 2.24) is 9.80 Å². The van der Waals surface area contributed by atoms with Crippen molar-refractivity contribution in [1.29, 1.82) is 0 Å². The Kier molecular flexibility index (Phi) is 6.47. The van der Waals surface area contributed by atoms with E-state index in [1.807, 2.05) is 25.7 Å². The summed E-state index contributed by atoms with van der Waals surface area (Å²) in [5.74, 6) is -0.217. The van der Waals surface area contributed by atoms with Gasteiger partial charge in [-0.1, -0.05) is 12.1 Å². The lowest BCUT2D eigenvalue weighted by Crippen LogP contribution is -2.40. The van der Waals surface area contributed by atoms with Gasteiger partial charge in [0.15, 0.2) is 0 Å². The van der Waals surface area contributed by atoms with Gasteiger partial charge in [0, 0.05) is 26.2 Å². The Hall–Kier alpha value is -2.28. The molecule has 1 aromatic rings. The van der Waals surface area contributed by atoms with Crippen LogP contribution in [0, 0.1) is 0 Å². The summed E-state index contributed by atoms with van der Waals surface area (Å²) in [7, 11) is 1.57. The van der Waals surface area contributed by atoms with E-state index in [9.17, 15) is 14.7 Å². The summed E-state index contributed by atoms with van der Waals surface area (Å²) in [6.07, 6.45) is 0.342. The zero-order chi connectivity index (χ0) is 19.3. The third kappa shape index (κ3) is 5.36. The minimum atomic E-state index is -0.902. The minimum Gasteiger partial charge on any atom is -0.497 e. The minimum absolute atomic E-state index is 0.351. The van der Waals surface area contributed by atoms with E-state index < -0.39 is 17.6 Å². The Morgan fingerprint density at radius 3 is 2.27 bits per heavy atom. The van der Waals surface area contributed by atoms with Crippen LogP contribution in [0.15, 0.2) is 24.3 Å². The number of carboxylic acid groups (broad SMARTS) is 1. The van der Waals surface area contributed by atoms with Crippen LogP contribution in [0.2, 0.25) is 0 Å². The molecule has 2 rings (SSSR count). The largest absolute Gasteiger partial charge is 0.497 e. The number of carbonyl (C=O) groups is 2. The molecular weight excluding hydrogens is 336 g/mol. The van der Waals surface area contributed by atoms with Crippen molar-refractivity contribution in [3.63, 3.8) is 0 Å². The lowest BCUT2D eigenvalue weighted by atomic mass is 10.0. The van der Waals surface area contributed by atoms with Crippen molar-refractivity contribution < 1.29 is 24.2 Å². The SMILES string of the molecule is COc1ccc([C@H](C(=O)O)N2CCCN(C(=O)OC(C)(C)C)CC2)cc1. The van der Waals surface area contributed by atoms with E-state index in [4.69, 9.17) is 9.47 Å². The van der Waals surface area contributed by atoms with Gasteiger partial charge < -0.3 is 19.5 Å². The van der Waals surface area contributed by atoms with Crippen molar-refractivity contribution in [3.8, 4) is 5.75 Å². The van der Waals surface area contributed by atoms with Crippen LogP contribution < -0.4 is 4.74 Å². The Bertz CT molecular complexity index is 624. The number of nitrogens with zero attached hydrogens (tertiary/aromatic N) is 2. The maximum atomic E-state index is 12.3. The van der Waals surface area contributed by atoms with Crippen molar-refractivity contribution in [2.75, 3.05) is 33.3 Å². The first-order chi connectivity index (χ1) is 12.2. The molecule has 7 heteroatoms. The normalized spacial score (nSPS) is 17.3. The average Bonchev–Trinajstić information content (AvgIpc) is 2.80. The number of hydrogen-bond donors (Lipinski definition) is 1. The van der Waals surface area contributed by atoms with Crippen LogP contribution in [-0.2, 0) is 9.53 Å². The van der Waals surface area contributed by atoms with Gasteiger partial charge in [-0.15, -0.1) is 0 Å². The van der Waals surface area contributed by atoms with Crippen LogP contribution in [-0.4, -0.2) is 65.9 Å². The number of carboxylic acids is 1. The smallest absolute Gasteiger partial charge is 0.410 e. The predicted octanol–water partition coefficient (Wildman–Crippen LogP) is 2.76. The molecule has 144 valence electrons. The van der Waals surface area contributed by atoms with Gasteiger partial charge in [0.2, 0.25) is 0 Å². The number of carbonyl (C=O) groups excluding carboxylic acids is 1. The van der Waals surface area contributed by atoms with Gasteiger partial charge in [-0.2, -0.15) is 0 Å². The zero-order valence-corrected chi connectivity index (χ0v) is 15.9. The third-order valence-corrected chi connectivity index (χ3v) is 4.21. The van der Waals surface area contributed by atoms with Crippen molar-refractivity contribution in [2.24, 2.45) is 0 Å². The maximum Gasteiger partial charge on any atom is 0.410 e.